The Morgan fingerprint density at radius 1 is 1.31 bits per heavy atom. The summed E-state index contributed by atoms with van der Waals surface area (Å²) in [6.07, 6.45) is -0.603. The van der Waals surface area contributed by atoms with Crippen molar-refractivity contribution >= 4 is 11.8 Å². The molecular weight excluding hydrogens is 208 g/mol. The summed E-state index contributed by atoms with van der Waals surface area (Å²) in [5, 5.41) is 3.89. The van der Waals surface area contributed by atoms with Gasteiger partial charge in [-0.05, 0) is 19.1 Å². The van der Waals surface area contributed by atoms with Gasteiger partial charge in [0.1, 0.15) is 5.75 Å². The van der Waals surface area contributed by atoms with Crippen LogP contribution >= 0.6 is 0 Å². The van der Waals surface area contributed by atoms with Crippen molar-refractivity contribution in [2.24, 2.45) is 5.10 Å². The number of nitrogens with one attached hydrogen (secondary N) is 1. The van der Waals surface area contributed by atoms with Gasteiger partial charge in [0.15, 0.2) is 0 Å². The number of hydrogen-bond acceptors (Lipinski definition) is 4. The summed E-state index contributed by atoms with van der Waals surface area (Å²) in [6.45, 7) is 1.77. The van der Waals surface area contributed by atoms with Crippen LogP contribution in [0.2, 0.25) is 0 Å². The van der Waals surface area contributed by atoms with E-state index < -0.39 is 6.09 Å². The van der Waals surface area contributed by atoms with Gasteiger partial charge in [0.05, 0.1) is 19.9 Å². The largest absolute Gasteiger partial charge is 0.496 e. The second-order valence-electron chi connectivity index (χ2n) is 3.00. The summed E-state index contributed by atoms with van der Waals surface area (Å²) < 4.78 is 9.58. The molecule has 5 heteroatoms. The minimum Gasteiger partial charge on any atom is -0.496 e. The average Bonchev–Trinajstić information content (AvgIpc) is 2.35. The van der Waals surface area contributed by atoms with Crippen molar-refractivity contribution in [3.8, 4) is 5.75 Å². The van der Waals surface area contributed by atoms with Gasteiger partial charge in [0.2, 0.25) is 0 Å². The third-order valence-electron chi connectivity index (χ3n) is 2.00. The Hall–Kier alpha value is -2.04. The lowest BCUT2D eigenvalue weighted by molar-refractivity contribution is 0.171. The molecule has 0 aliphatic carbocycles. The van der Waals surface area contributed by atoms with Crippen molar-refractivity contribution in [1.82, 2.24) is 5.43 Å². The summed E-state index contributed by atoms with van der Waals surface area (Å²) in [6, 6.07) is 7.42. The molecule has 0 atom stereocenters. The van der Waals surface area contributed by atoms with Crippen LogP contribution in [0.4, 0.5) is 4.79 Å². The summed E-state index contributed by atoms with van der Waals surface area (Å²) in [7, 11) is 2.86. The molecule has 5 nitrogen and oxygen atoms in total. The Labute approximate surface area is 94.1 Å². The summed E-state index contributed by atoms with van der Waals surface area (Å²) in [4.78, 5) is 10.8. The highest BCUT2D eigenvalue weighted by Gasteiger charge is 2.05. The number of rotatable bonds is 3. The lowest BCUT2D eigenvalue weighted by Gasteiger charge is -2.07. The number of ether oxygens (including phenoxy) is 2. The van der Waals surface area contributed by atoms with Crippen LogP contribution in [0.15, 0.2) is 29.4 Å². The maximum absolute atomic E-state index is 10.8. The van der Waals surface area contributed by atoms with Crippen LogP contribution in [0.5, 0.6) is 5.75 Å². The molecule has 0 fully saturated rings. The molecule has 16 heavy (non-hydrogen) atoms. The molecule has 0 heterocycles. The van der Waals surface area contributed by atoms with Crippen molar-refractivity contribution in [2.45, 2.75) is 6.92 Å². The van der Waals surface area contributed by atoms with E-state index in [1.165, 1.54) is 7.11 Å². The van der Waals surface area contributed by atoms with Gasteiger partial charge in [0.25, 0.3) is 0 Å². The SMILES string of the molecule is COC(=O)N/N=C(\C)c1ccccc1OC. The fourth-order valence-corrected chi connectivity index (χ4v) is 1.18. The van der Waals surface area contributed by atoms with E-state index in [4.69, 9.17) is 4.74 Å². The van der Waals surface area contributed by atoms with Crippen LogP contribution < -0.4 is 10.2 Å². The van der Waals surface area contributed by atoms with E-state index in [1.54, 1.807) is 14.0 Å². The van der Waals surface area contributed by atoms with E-state index in [0.717, 1.165) is 5.56 Å². The zero-order valence-electron chi connectivity index (χ0n) is 9.48. The van der Waals surface area contributed by atoms with Crippen molar-refractivity contribution in [2.75, 3.05) is 14.2 Å². The highest BCUT2D eigenvalue weighted by atomic mass is 16.5. The van der Waals surface area contributed by atoms with Gasteiger partial charge in [0, 0.05) is 5.56 Å². The smallest absolute Gasteiger partial charge is 0.427 e. The minimum absolute atomic E-state index is 0.603. The van der Waals surface area contributed by atoms with E-state index in [2.05, 4.69) is 15.3 Å². The first-order chi connectivity index (χ1) is 7.69. The van der Waals surface area contributed by atoms with Gasteiger partial charge in [-0.3, -0.25) is 0 Å². The maximum atomic E-state index is 10.8. The standard InChI is InChI=1S/C11H14N2O3/c1-8(12-13-11(14)16-3)9-6-4-5-7-10(9)15-2/h4-7H,1-3H3,(H,13,14)/b12-8+. The Morgan fingerprint density at radius 3 is 2.62 bits per heavy atom. The Kier molecular flexibility index (Phi) is 4.32. The quantitative estimate of drug-likeness (QED) is 0.626. The molecule has 0 aromatic heterocycles. The van der Waals surface area contributed by atoms with Gasteiger partial charge in [-0.25, -0.2) is 10.2 Å². The fourth-order valence-electron chi connectivity index (χ4n) is 1.18. The van der Waals surface area contributed by atoms with E-state index >= 15 is 0 Å². The molecule has 0 saturated heterocycles. The van der Waals surface area contributed by atoms with E-state index in [9.17, 15) is 4.79 Å². The molecule has 0 unspecified atom stereocenters. The van der Waals surface area contributed by atoms with Crippen LogP contribution in [0.1, 0.15) is 12.5 Å². The zero-order valence-corrected chi connectivity index (χ0v) is 9.48. The number of carbonyl (C=O) groups is 1. The van der Waals surface area contributed by atoms with Crippen LogP contribution in [0.25, 0.3) is 0 Å². The monoisotopic (exact) mass is 222 g/mol. The topological polar surface area (TPSA) is 59.9 Å². The normalized spacial score (nSPS) is 10.8. The molecule has 1 N–H and O–H groups in total. The van der Waals surface area contributed by atoms with Crippen LogP contribution in [0.3, 0.4) is 0 Å². The third kappa shape index (κ3) is 2.98. The minimum atomic E-state index is -0.603. The van der Waals surface area contributed by atoms with Gasteiger partial charge in [-0.1, -0.05) is 12.1 Å². The first-order valence-electron chi connectivity index (χ1n) is 4.70. The van der Waals surface area contributed by atoms with Crippen molar-refractivity contribution in [1.29, 1.82) is 0 Å². The number of amides is 1. The van der Waals surface area contributed by atoms with Gasteiger partial charge in [-0.15, -0.1) is 0 Å². The lowest BCUT2D eigenvalue weighted by Crippen LogP contribution is -2.18. The van der Waals surface area contributed by atoms with Crippen molar-refractivity contribution < 1.29 is 14.3 Å². The third-order valence-corrected chi connectivity index (χ3v) is 2.00. The molecule has 0 saturated carbocycles. The molecule has 1 amide bonds. The number of nitrogens with zero attached hydrogens (tertiary/aromatic N) is 1. The summed E-state index contributed by atoms with van der Waals surface area (Å²) in [5.74, 6) is 0.704. The first-order valence-corrected chi connectivity index (χ1v) is 4.70. The van der Waals surface area contributed by atoms with Crippen molar-refractivity contribution in [3.63, 3.8) is 0 Å². The van der Waals surface area contributed by atoms with Gasteiger partial charge >= 0.3 is 6.09 Å². The molecule has 0 bridgehead atoms. The Bertz CT molecular complexity index is 402. The van der Waals surface area contributed by atoms with E-state index in [-0.39, 0.29) is 0 Å². The van der Waals surface area contributed by atoms with Crippen LogP contribution in [-0.4, -0.2) is 26.0 Å². The highest BCUT2D eigenvalue weighted by molar-refractivity contribution is 6.01. The lowest BCUT2D eigenvalue weighted by atomic mass is 10.1. The van der Waals surface area contributed by atoms with Crippen LogP contribution in [0, 0.1) is 0 Å². The molecular formula is C11H14N2O3. The number of carbonyl (C=O) groups excluding carboxylic acids is 1. The first kappa shape index (κ1) is 12.0. The molecule has 0 spiro atoms. The number of methoxy groups -OCH3 is 2. The van der Waals surface area contributed by atoms with E-state index in [1.807, 2.05) is 24.3 Å². The predicted octanol–water partition coefficient (Wildman–Crippen LogP) is 1.78. The van der Waals surface area contributed by atoms with Crippen molar-refractivity contribution in [3.05, 3.63) is 29.8 Å². The molecule has 86 valence electrons. The molecule has 1 rings (SSSR count). The maximum Gasteiger partial charge on any atom is 0.427 e. The van der Waals surface area contributed by atoms with Gasteiger partial charge < -0.3 is 9.47 Å². The average molecular weight is 222 g/mol. The number of para-hydroxylation sites is 1. The zero-order chi connectivity index (χ0) is 12.0. The number of benzene rings is 1. The Balaban J connectivity index is 2.86. The molecule has 0 aliphatic rings. The fraction of sp³-hybridized carbons (Fsp3) is 0.273. The van der Waals surface area contributed by atoms with Gasteiger partial charge in [-0.2, -0.15) is 5.10 Å². The second-order valence-corrected chi connectivity index (χ2v) is 3.00. The molecule has 1 aromatic carbocycles. The Morgan fingerprint density at radius 2 is 2.00 bits per heavy atom. The summed E-state index contributed by atoms with van der Waals surface area (Å²) in [5.41, 5.74) is 3.72. The summed E-state index contributed by atoms with van der Waals surface area (Å²) >= 11 is 0. The predicted molar refractivity (Wildman–Crippen MR) is 60.7 cm³/mol. The highest BCUT2D eigenvalue weighted by Crippen LogP contribution is 2.17. The van der Waals surface area contributed by atoms with Crippen LogP contribution in [-0.2, 0) is 4.74 Å². The molecule has 1 aromatic rings. The van der Waals surface area contributed by atoms with E-state index in [0.29, 0.717) is 11.5 Å². The second kappa shape index (κ2) is 5.75. The number of hydrazone groups is 1. The molecule has 0 radical (unpaired) electrons. The molecule has 0 aliphatic heterocycles. The number of hydrogen-bond donors (Lipinski definition) is 1.